The number of unbranched alkanes of at least 4 members (excludes halogenated alkanes) is 1. The Morgan fingerprint density at radius 2 is 1.85 bits per heavy atom. The standard InChI is InChI=1S/C16H24N2O2/c1-4-18-16(2,13-17)11-5-6-12-20-15-9-7-14(19-3)8-10-15/h7-10,18H,4-6,11-12H2,1-3H3. The van der Waals surface area contributed by atoms with E-state index in [-0.39, 0.29) is 0 Å². The second-order valence-electron chi connectivity index (χ2n) is 4.96. The predicted molar refractivity (Wildman–Crippen MR) is 80.0 cm³/mol. The molecule has 0 radical (unpaired) electrons. The van der Waals surface area contributed by atoms with Gasteiger partial charge in [-0.15, -0.1) is 0 Å². The fourth-order valence-corrected chi connectivity index (χ4v) is 2.02. The van der Waals surface area contributed by atoms with E-state index in [2.05, 4.69) is 11.4 Å². The van der Waals surface area contributed by atoms with Gasteiger partial charge in [0.05, 0.1) is 19.8 Å². The van der Waals surface area contributed by atoms with Crippen molar-refractivity contribution in [1.82, 2.24) is 5.32 Å². The zero-order valence-electron chi connectivity index (χ0n) is 12.6. The molecule has 0 saturated heterocycles. The molecule has 0 amide bonds. The fourth-order valence-electron chi connectivity index (χ4n) is 2.02. The quantitative estimate of drug-likeness (QED) is 0.704. The second-order valence-corrected chi connectivity index (χ2v) is 4.96. The minimum atomic E-state index is -0.422. The van der Waals surface area contributed by atoms with Crippen LogP contribution in [0.15, 0.2) is 24.3 Å². The Balaban J connectivity index is 2.23. The van der Waals surface area contributed by atoms with E-state index in [4.69, 9.17) is 14.7 Å². The molecule has 4 nitrogen and oxygen atoms in total. The number of nitrogens with zero attached hydrogens (tertiary/aromatic N) is 1. The van der Waals surface area contributed by atoms with Crippen molar-refractivity contribution in [3.63, 3.8) is 0 Å². The summed E-state index contributed by atoms with van der Waals surface area (Å²) in [5, 5.41) is 12.4. The molecule has 0 spiro atoms. The van der Waals surface area contributed by atoms with Crippen LogP contribution >= 0.6 is 0 Å². The molecule has 0 aromatic heterocycles. The van der Waals surface area contributed by atoms with Crippen LogP contribution in [0.1, 0.15) is 33.1 Å². The first-order chi connectivity index (χ1) is 9.63. The van der Waals surface area contributed by atoms with Gasteiger partial charge in [0, 0.05) is 0 Å². The molecular formula is C16H24N2O2. The molecule has 1 rings (SSSR count). The minimum Gasteiger partial charge on any atom is -0.497 e. The second kappa shape index (κ2) is 8.44. The molecule has 1 aromatic carbocycles. The minimum absolute atomic E-state index is 0.422. The van der Waals surface area contributed by atoms with Crippen molar-refractivity contribution in [3.8, 4) is 17.6 Å². The summed E-state index contributed by atoms with van der Waals surface area (Å²) in [5.74, 6) is 1.67. The number of hydrogen-bond acceptors (Lipinski definition) is 4. The number of nitrogens with one attached hydrogen (secondary N) is 1. The maximum absolute atomic E-state index is 9.14. The van der Waals surface area contributed by atoms with E-state index in [1.807, 2.05) is 38.1 Å². The summed E-state index contributed by atoms with van der Waals surface area (Å²) in [6.45, 7) is 5.44. The van der Waals surface area contributed by atoms with Gasteiger partial charge in [-0.05, 0) is 57.0 Å². The number of hydrogen-bond donors (Lipinski definition) is 1. The van der Waals surface area contributed by atoms with Gasteiger partial charge >= 0.3 is 0 Å². The first-order valence-electron chi connectivity index (χ1n) is 7.06. The van der Waals surface area contributed by atoms with Crippen LogP contribution in [0.4, 0.5) is 0 Å². The van der Waals surface area contributed by atoms with Crippen molar-refractivity contribution in [3.05, 3.63) is 24.3 Å². The molecule has 0 saturated carbocycles. The average Bonchev–Trinajstić information content (AvgIpc) is 2.48. The molecule has 0 fully saturated rings. The van der Waals surface area contributed by atoms with Crippen LogP contribution in [0.3, 0.4) is 0 Å². The van der Waals surface area contributed by atoms with Crippen LogP contribution in [-0.2, 0) is 0 Å². The van der Waals surface area contributed by atoms with Gasteiger partial charge < -0.3 is 9.47 Å². The summed E-state index contributed by atoms with van der Waals surface area (Å²) in [6.07, 6.45) is 2.74. The molecule has 1 unspecified atom stereocenters. The van der Waals surface area contributed by atoms with E-state index >= 15 is 0 Å². The van der Waals surface area contributed by atoms with Crippen LogP contribution in [0.2, 0.25) is 0 Å². The third-order valence-corrected chi connectivity index (χ3v) is 3.21. The molecule has 110 valence electrons. The molecule has 20 heavy (non-hydrogen) atoms. The molecule has 1 aromatic rings. The van der Waals surface area contributed by atoms with Crippen LogP contribution < -0.4 is 14.8 Å². The number of ether oxygens (including phenoxy) is 2. The van der Waals surface area contributed by atoms with Crippen molar-refractivity contribution in [2.24, 2.45) is 0 Å². The van der Waals surface area contributed by atoms with Gasteiger partial charge in [-0.3, -0.25) is 5.32 Å². The highest BCUT2D eigenvalue weighted by molar-refractivity contribution is 5.31. The van der Waals surface area contributed by atoms with Crippen LogP contribution in [0, 0.1) is 11.3 Å². The van der Waals surface area contributed by atoms with Gasteiger partial charge in [-0.2, -0.15) is 5.26 Å². The Hall–Kier alpha value is -1.73. The lowest BCUT2D eigenvalue weighted by molar-refractivity contribution is 0.295. The van der Waals surface area contributed by atoms with Crippen molar-refractivity contribution in [2.45, 2.75) is 38.6 Å². The number of rotatable bonds is 9. The summed E-state index contributed by atoms with van der Waals surface area (Å²) in [7, 11) is 1.65. The monoisotopic (exact) mass is 276 g/mol. The van der Waals surface area contributed by atoms with E-state index in [1.54, 1.807) is 7.11 Å². The van der Waals surface area contributed by atoms with Gasteiger partial charge in [-0.25, -0.2) is 0 Å². The van der Waals surface area contributed by atoms with E-state index in [0.29, 0.717) is 6.61 Å². The zero-order chi connectivity index (χ0) is 14.8. The first-order valence-corrected chi connectivity index (χ1v) is 7.06. The molecular weight excluding hydrogens is 252 g/mol. The Morgan fingerprint density at radius 3 is 2.40 bits per heavy atom. The summed E-state index contributed by atoms with van der Waals surface area (Å²) in [6, 6.07) is 9.90. The summed E-state index contributed by atoms with van der Waals surface area (Å²) in [4.78, 5) is 0. The van der Waals surface area contributed by atoms with E-state index < -0.39 is 5.54 Å². The Bertz CT molecular complexity index is 425. The molecule has 0 heterocycles. The predicted octanol–water partition coefficient (Wildman–Crippen LogP) is 3.14. The highest BCUT2D eigenvalue weighted by atomic mass is 16.5. The van der Waals surface area contributed by atoms with Crippen molar-refractivity contribution in [2.75, 3.05) is 20.3 Å². The van der Waals surface area contributed by atoms with Crippen molar-refractivity contribution >= 4 is 0 Å². The Kier molecular flexibility index (Phi) is 6.89. The van der Waals surface area contributed by atoms with Gasteiger partial charge in [0.2, 0.25) is 0 Å². The van der Waals surface area contributed by atoms with Gasteiger partial charge in [0.1, 0.15) is 17.0 Å². The number of nitriles is 1. The average molecular weight is 276 g/mol. The van der Waals surface area contributed by atoms with Crippen molar-refractivity contribution in [1.29, 1.82) is 5.26 Å². The van der Waals surface area contributed by atoms with Gasteiger partial charge in [-0.1, -0.05) is 6.92 Å². The molecule has 1 atom stereocenters. The normalized spacial score (nSPS) is 13.3. The first kappa shape index (κ1) is 16.3. The summed E-state index contributed by atoms with van der Waals surface area (Å²) in [5.41, 5.74) is -0.422. The Morgan fingerprint density at radius 1 is 1.20 bits per heavy atom. The fraction of sp³-hybridized carbons (Fsp3) is 0.562. The van der Waals surface area contributed by atoms with Crippen LogP contribution in [-0.4, -0.2) is 25.8 Å². The zero-order valence-corrected chi connectivity index (χ0v) is 12.6. The SMILES string of the molecule is CCNC(C)(C#N)CCCCOc1ccc(OC)cc1. The van der Waals surface area contributed by atoms with Crippen molar-refractivity contribution < 1.29 is 9.47 Å². The Labute approximate surface area is 121 Å². The molecule has 1 N–H and O–H groups in total. The third-order valence-electron chi connectivity index (χ3n) is 3.21. The van der Waals surface area contributed by atoms with E-state index in [9.17, 15) is 0 Å². The molecule has 0 aliphatic rings. The van der Waals surface area contributed by atoms with Gasteiger partial charge in [0.15, 0.2) is 0 Å². The summed E-state index contributed by atoms with van der Waals surface area (Å²) >= 11 is 0. The topological polar surface area (TPSA) is 54.3 Å². The van der Waals surface area contributed by atoms with Crippen LogP contribution in [0.5, 0.6) is 11.5 Å². The van der Waals surface area contributed by atoms with E-state index in [1.165, 1.54) is 0 Å². The maximum Gasteiger partial charge on any atom is 0.119 e. The molecule has 0 aliphatic heterocycles. The maximum atomic E-state index is 9.14. The smallest absolute Gasteiger partial charge is 0.119 e. The lowest BCUT2D eigenvalue weighted by atomic mass is 9.97. The third kappa shape index (κ3) is 5.50. The largest absolute Gasteiger partial charge is 0.497 e. The number of methoxy groups -OCH3 is 1. The molecule has 0 bridgehead atoms. The molecule has 4 heteroatoms. The molecule has 0 aliphatic carbocycles. The lowest BCUT2D eigenvalue weighted by Gasteiger charge is -2.22. The van der Waals surface area contributed by atoms with Gasteiger partial charge in [0.25, 0.3) is 0 Å². The summed E-state index contributed by atoms with van der Waals surface area (Å²) < 4.78 is 10.7. The van der Waals surface area contributed by atoms with Crippen LogP contribution in [0.25, 0.3) is 0 Å². The lowest BCUT2D eigenvalue weighted by Crippen LogP contribution is -2.40. The van der Waals surface area contributed by atoms with E-state index in [0.717, 1.165) is 37.3 Å². The highest BCUT2D eigenvalue weighted by Gasteiger charge is 2.21. The highest BCUT2D eigenvalue weighted by Crippen LogP contribution is 2.18. The number of benzene rings is 1.